The zero-order valence-corrected chi connectivity index (χ0v) is 12.5. The Hall–Kier alpha value is -0.910. The average molecular weight is 288 g/mol. The van der Waals surface area contributed by atoms with Crippen molar-refractivity contribution in [2.45, 2.75) is 50.3 Å². The maximum absolute atomic E-state index is 11.7. The SMILES string of the molecule is CSC(C)CCNC(=O)NC1CCCCC1C(=O)O. The van der Waals surface area contributed by atoms with E-state index in [0.29, 0.717) is 18.2 Å². The Kier molecular flexibility index (Phi) is 7.05. The third-order valence-electron chi connectivity index (χ3n) is 3.64. The molecule has 3 atom stereocenters. The summed E-state index contributed by atoms with van der Waals surface area (Å²) >= 11 is 1.77. The van der Waals surface area contributed by atoms with Crippen molar-refractivity contribution in [2.75, 3.05) is 12.8 Å². The van der Waals surface area contributed by atoms with E-state index < -0.39 is 11.9 Å². The number of amides is 2. The molecule has 0 heterocycles. The second-order valence-corrected chi connectivity index (χ2v) is 6.35. The summed E-state index contributed by atoms with van der Waals surface area (Å²) in [6.07, 6.45) is 6.29. The number of carboxylic acids is 1. The molecule has 110 valence electrons. The van der Waals surface area contributed by atoms with Crippen LogP contribution in [0.25, 0.3) is 0 Å². The van der Waals surface area contributed by atoms with Crippen LogP contribution in [-0.4, -0.2) is 41.2 Å². The number of urea groups is 1. The van der Waals surface area contributed by atoms with Gasteiger partial charge in [0.2, 0.25) is 0 Å². The van der Waals surface area contributed by atoms with Crippen LogP contribution in [0.3, 0.4) is 0 Å². The summed E-state index contributed by atoms with van der Waals surface area (Å²) < 4.78 is 0. The maximum atomic E-state index is 11.7. The molecule has 19 heavy (non-hydrogen) atoms. The third kappa shape index (κ3) is 5.72. The molecule has 1 saturated carbocycles. The third-order valence-corrected chi connectivity index (χ3v) is 4.68. The summed E-state index contributed by atoms with van der Waals surface area (Å²) in [5.41, 5.74) is 0. The second kappa shape index (κ2) is 8.30. The Morgan fingerprint density at radius 1 is 1.37 bits per heavy atom. The number of rotatable bonds is 6. The van der Waals surface area contributed by atoms with E-state index in [9.17, 15) is 9.59 Å². The Morgan fingerprint density at radius 2 is 2.05 bits per heavy atom. The Balaban J connectivity index is 2.31. The minimum Gasteiger partial charge on any atom is -0.481 e. The van der Waals surface area contributed by atoms with Gasteiger partial charge in [0.1, 0.15) is 0 Å². The van der Waals surface area contributed by atoms with Gasteiger partial charge in [0.25, 0.3) is 0 Å². The van der Waals surface area contributed by atoms with Crippen molar-refractivity contribution in [3.05, 3.63) is 0 Å². The summed E-state index contributed by atoms with van der Waals surface area (Å²) in [5, 5.41) is 15.2. The van der Waals surface area contributed by atoms with Crippen LogP contribution in [-0.2, 0) is 4.79 Å². The van der Waals surface area contributed by atoms with Crippen LogP contribution >= 0.6 is 11.8 Å². The highest BCUT2D eigenvalue weighted by molar-refractivity contribution is 7.99. The van der Waals surface area contributed by atoms with Crippen molar-refractivity contribution in [1.29, 1.82) is 0 Å². The molecule has 0 aromatic carbocycles. The van der Waals surface area contributed by atoms with Crippen molar-refractivity contribution in [2.24, 2.45) is 5.92 Å². The first-order valence-corrected chi connectivity index (χ1v) is 8.13. The molecule has 1 aliphatic carbocycles. The number of carbonyl (C=O) groups excluding carboxylic acids is 1. The van der Waals surface area contributed by atoms with Gasteiger partial charge in [0.15, 0.2) is 0 Å². The van der Waals surface area contributed by atoms with Gasteiger partial charge in [-0.2, -0.15) is 11.8 Å². The van der Waals surface area contributed by atoms with Crippen molar-refractivity contribution < 1.29 is 14.7 Å². The lowest BCUT2D eigenvalue weighted by Crippen LogP contribution is -2.49. The topological polar surface area (TPSA) is 78.4 Å². The first-order chi connectivity index (χ1) is 9.04. The van der Waals surface area contributed by atoms with Crippen molar-refractivity contribution in [3.63, 3.8) is 0 Å². The summed E-state index contributed by atoms with van der Waals surface area (Å²) in [7, 11) is 0. The lowest BCUT2D eigenvalue weighted by atomic mass is 9.84. The van der Waals surface area contributed by atoms with Gasteiger partial charge in [0, 0.05) is 17.8 Å². The maximum Gasteiger partial charge on any atom is 0.315 e. The highest BCUT2D eigenvalue weighted by Gasteiger charge is 2.31. The summed E-state index contributed by atoms with van der Waals surface area (Å²) in [5.74, 6) is -1.24. The molecule has 0 aromatic heterocycles. The minimum absolute atomic E-state index is 0.232. The molecule has 6 heteroatoms. The number of hydrogen-bond acceptors (Lipinski definition) is 3. The van der Waals surface area contributed by atoms with E-state index in [0.717, 1.165) is 25.7 Å². The van der Waals surface area contributed by atoms with Crippen LogP contribution in [0.5, 0.6) is 0 Å². The smallest absolute Gasteiger partial charge is 0.315 e. The number of aliphatic carboxylic acids is 1. The Bertz CT molecular complexity index is 312. The lowest BCUT2D eigenvalue weighted by molar-refractivity contribution is -0.143. The first kappa shape index (κ1) is 16.1. The summed E-state index contributed by atoms with van der Waals surface area (Å²) in [6.45, 7) is 2.74. The molecule has 0 aliphatic heterocycles. The minimum atomic E-state index is -0.805. The van der Waals surface area contributed by atoms with Crippen LogP contribution in [0.15, 0.2) is 0 Å². The second-order valence-electron chi connectivity index (χ2n) is 5.07. The predicted molar refractivity (Wildman–Crippen MR) is 77.5 cm³/mol. The Morgan fingerprint density at radius 3 is 2.68 bits per heavy atom. The van der Waals surface area contributed by atoms with E-state index in [2.05, 4.69) is 17.6 Å². The molecular weight excluding hydrogens is 264 g/mol. The average Bonchev–Trinajstić information content (AvgIpc) is 2.38. The van der Waals surface area contributed by atoms with Crippen molar-refractivity contribution in [1.82, 2.24) is 10.6 Å². The van der Waals surface area contributed by atoms with Gasteiger partial charge >= 0.3 is 12.0 Å². The van der Waals surface area contributed by atoms with E-state index in [-0.39, 0.29) is 12.1 Å². The van der Waals surface area contributed by atoms with Crippen LogP contribution in [0.4, 0.5) is 4.79 Å². The molecule has 5 nitrogen and oxygen atoms in total. The van der Waals surface area contributed by atoms with Gasteiger partial charge < -0.3 is 15.7 Å². The van der Waals surface area contributed by atoms with Crippen LogP contribution in [0.2, 0.25) is 0 Å². The van der Waals surface area contributed by atoms with Crippen LogP contribution in [0, 0.1) is 5.92 Å². The molecule has 0 saturated heterocycles. The number of thioether (sulfide) groups is 1. The number of nitrogens with one attached hydrogen (secondary N) is 2. The van der Waals surface area contributed by atoms with E-state index in [1.54, 1.807) is 11.8 Å². The molecule has 3 unspecified atom stereocenters. The molecule has 0 bridgehead atoms. The highest BCUT2D eigenvalue weighted by atomic mass is 32.2. The number of carbonyl (C=O) groups is 2. The fraction of sp³-hybridized carbons (Fsp3) is 0.846. The first-order valence-electron chi connectivity index (χ1n) is 6.84. The van der Waals surface area contributed by atoms with Crippen LogP contribution in [0.1, 0.15) is 39.0 Å². The zero-order valence-electron chi connectivity index (χ0n) is 11.6. The van der Waals surface area contributed by atoms with E-state index in [1.807, 2.05) is 6.26 Å². The van der Waals surface area contributed by atoms with Gasteiger partial charge in [-0.15, -0.1) is 0 Å². The molecule has 2 amide bonds. The normalized spacial score (nSPS) is 24.5. The molecule has 0 aromatic rings. The fourth-order valence-corrected chi connectivity index (χ4v) is 2.68. The molecule has 1 rings (SSSR count). The van der Waals surface area contributed by atoms with Crippen molar-refractivity contribution >= 4 is 23.8 Å². The van der Waals surface area contributed by atoms with Gasteiger partial charge in [-0.25, -0.2) is 4.79 Å². The quantitative estimate of drug-likeness (QED) is 0.699. The monoisotopic (exact) mass is 288 g/mol. The predicted octanol–water partition coefficient (Wildman–Crippen LogP) is 2.07. The zero-order chi connectivity index (χ0) is 14.3. The summed E-state index contributed by atoms with van der Waals surface area (Å²) in [6, 6.07) is -0.476. The lowest BCUT2D eigenvalue weighted by Gasteiger charge is -2.29. The largest absolute Gasteiger partial charge is 0.481 e. The fourth-order valence-electron chi connectivity index (χ4n) is 2.33. The van der Waals surface area contributed by atoms with E-state index >= 15 is 0 Å². The van der Waals surface area contributed by atoms with Gasteiger partial charge in [0.05, 0.1) is 5.92 Å². The molecule has 1 aliphatic rings. The van der Waals surface area contributed by atoms with Crippen LogP contribution < -0.4 is 10.6 Å². The molecule has 0 radical (unpaired) electrons. The van der Waals surface area contributed by atoms with Gasteiger partial charge in [-0.3, -0.25) is 4.79 Å². The molecule has 0 spiro atoms. The van der Waals surface area contributed by atoms with E-state index in [4.69, 9.17) is 5.11 Å². The number of carboxylic acid groups (broad SMARTS) is 1. The number of hydrogen-bond donors (Lipinski definition) is 3. The highest BCUT2D eigenvalue weighted by Crippen LogP contribution is 2.24. The Labute approximate surface area is 118 Å². The molecule has 3 N–H and O–H groups in total. The molecular formula is C13H24N2O3S. The molecule has 1 fully saturated rings. The summed E-state index contributed by atoms with van der Waals surface area (Å²) in [4.78, 5) is 22.8. The van der Waals surface area contributed by atoms with Gasteiger partial charge in [-0.1, -0.05) is 19.8 Å². The van der Waals surface area contributed by atoms with Gasteiger partial charge in [-0.05, 0) is 25.5 Å². The van der Waals surface area contributed by atoms with Crippen molar-refractivity contribution in [3.8, 4) is 0 Å². The standard InChI is InChI=1S/C13H24N2O3S/c1-9(19-2)7-8-14-13(18)15-11-6-4-3-5-10(11)12(16)17/h9-11H,3-8H2,1-2H3,(H,16,17)(H2,14,15,18). The van der Waals surface area contributed by atoms with E-state index in [1.165, 1.54) is 0 Å².